The summed E-state index contributed by atoms with van der Waals surface area (Å²) in [5.41, 5.74) is 0.302. The van der Waals surface area contributed by atoms with Gasteiger partial charge in [0.05, 0.1) is 23.2 Å². The van der Waals surface area contributed by atoms with Crippen molar-refractivity contribution in [2.75, 3.05) is 7.11 Å². The van der Waals surface area contributed by atoms with Gasteiger partial charge in [0.15, 0.2) is 0 Å². The van der Waals surface area contributed by atoms with Gasteiger partial charge in [0.2, 0.25) is 0 Å². The summed E-state index contributed by atoms with van der Waals surface area (Å²) in [6.07, 6.45) is 0. The van der Waals surface area contributed by atoms with E-state index < -0.39 is 26.6 Å². The summed E-state index contributed by atoms with van der Waals surface area (Å²) in [6.45, 7) is 3.16. The van der Waals surface area contributed by atoms with Crippen molar-refractivity contribution in [3.05, 3.63) is 56.5 Å². The highest BCUT2D eigenvalue weighted by Gasteiger charge is 2.27. The molecule has 1 atom stereocenters. The van der Waals surface area contributed by atoms with E-state index in [1.807, 2.05) is 0 Å². The van der Waals surface area contributed by atoms with E-state index in [4.69, 9.17) is 0 Å². The minimum Gasteiger partial charge on any atom is -0.301 e. The molecular formula is C16H17N3O5S2. The number of fused-ring (bicyclic) bond motifs is 1. The van der Waals surface area contributed by atoms with Gasteiger partial charge in [-0.2, -0.15) is 12.8 Å². The topological polar surface area (TPSA) is 100 Å². The Morgan fingerprint density at radius 2 is 1.92 bits per heavy atom. The lowest BCUT2D eigenvalue weighted by Crippen LogP contribution is -2.38. The van der Waals surface area contributed by atoms with Crippen LogP contribution in [0.1, 0.15) is 23.6 Å². The van der Waals surface area contributed by atoms with Crippen molar-refractivity contribution in [3.8, 4) is 5.69 Å². The van der Waals surface area contributed by atoms with Crippen LogP contribution >= 0.6 is 11.5 Å². The fourth-order valence-corrected chi connectivity index (χ4v) is 4.28. The second-order valence-electron chi connectivity index (χ2n) is 5.85. The molecule has 0 saturated heterocycles. The van der Waals surface area contributed by atoms with Gasteiger partial charge in [0.25, 0.3) is 15.7 Å². The predicted molar refractivity (Wildman–Crippen MR) is 99.5 cm³/mol. The Labute approximate surface area is 153 Å². The number of aryl methyl sites for hydroxylation is 1. The molecule has 0 aliphatic rings. The average Bonchev–Trinajstić information content (AvgIpc) is 3.02. The average molecular weight is 395 g/mol. The lowest BCUT2D eigenvalue weighted by Gasteiger charge is -2.11. The summed E-state index contributed by atoms with van der Waals surface area (Å²) >= 11 is 1.15. The van der Waals surface area contributed by atoms with Crippen molar-refractivity contribution in [2.24, 2.45) is 7.05 Å². The van der Waals surface area contributed by atoms with Crippen LogP contribution in [0, 0.1) is 6.92 Å². The molecule has 0 saturated carbocycles. The summed E-state index contributed by atoms with van der Waals surface area (Å²) < 4.78 is 36.0. The lowest BCUT2D eigenvalue weighted by atomic mass is 10.1. The van der Waals surface area contributed by atoms with Gasteiger partial charge >= 0.3 is 5.69 Å². The Bertz CT molecular complexity index is 1220. The smallest absolute Gasteiger partial charge is 0.301 e. The van der Waals surface area contributed by atoms with Crippen molar-refractivity contribution < 1.29 is 12.6 Å². The molecule has 3 aromatic rings. The normalized spacial score (nSPS) is 13.2. The standard InChI is InChI=1S/C16H17N3O5S2/c1-9-7-14(20)19(16(21)18(9)3)11-5-6-13-12(8-11)15(17-25-13)10(2)26(22,23)24-4/h5-8,10H,1-4H3. The lowest BCUT2D eigenvalue weighted by molar-refractivity contribution is 0.390. The first-order valence-corrected chi connectivity index (χ1v) is 9.90. The summed E-state index contributed by atoms with van der Waals surface area (Å²) in [5.74, 6) is 0. The molecule has 0 amide bonds. The number of nitrogens with zero attached hydrogens (tertiary/aromatic N) is 3. The molecule has 2 aromatic heterocycles. The molecule has 0 N–H and O–H groups in total. The van der Waals surface area contributed by atoms with Crippen LogP contribution in [0.4, 0.5) is 0 Å². The number of benzene rings is 1. The molecule has 3 rings (SSSR count). The highest BCUT2D eigenvalue weighted by molar-refractivity contribution is 7.87. The van der Waals surface area contributed by atoms with E-state index in [-0.39, 0.29) is 0 Å². The van der Waals surface area contributed by atoms with Crippen molar-refractivity contribution in [1.82, 2.24) is 13.5 Å². The Kier molecular flexibility index (Phi) is 4.59. The molecule has 1 aromatic carbocycles. The zero-order chi connectivity index (χ0) is 19.2. The number of aromatic nitrogens is 3. The molecule has 2 heterocycles. The molecule has 0 bridgehead atoms. The molecule has 0 aliphatic carbocycles. The minimum absolute atomic E-state index is 0.325. The van der Waals surface area contributed by atoms with Crippen molar-refractivity contribution in [1.29, 1.82) is 0 Å². The van der Waals surface area contributed by atoms with Gasteiger partial charge in [-0.05, 0) is 43.6 Å². The molecule has 138 valence electrons. The Balaban J connectivity index is 2.27. The van der Waals surface area contributed by atoms with Crippen LogP contribution < -0.4 is 11.2 Å². The van der Waals surface area contributed by atoms with Gasteiger partial charge in [-0.3, -0.25) is 8.98 Å². The summed E-state index contributed by atoms with van der Waals surface area (Å²) in [5, 5.41) is -0.413. The van der Waals surface area contributed by atoms with E-state index in [0.717, 1.165) is 27.9 Å². The first-order chi connectivity index (χ1) is 12.2. The van der Waals surface area contributed by atoms with E-state index in [1.54, 1.807) is 32.2 Å². The molecule has 0 fully saturated rings. The predicted octanol–water partition coefficient (Wildman–Crippen LogP) is 1.49. The number of hydrogen-bond acceptors (Lipinski definition) is 7. The van der Waals surface area contributed by atoms with Crippen LogP contribution in [-0.2, 0) is 21.3 Å². The van der Waals surface area contributed by atoms with Crippen LogP contribution in [0.2, 0.25) is 0 Å². The zero-order valence-corrected chi connectivity index (χ0v) is 16.2. The summed E-state index contributed by atoms with van der Waals surface area (Å²) in [7, 11) is -1.13. The maximum absolute atomic E-state index is 12.5. The first-order valence-electron chi connectivity index (χ1n) is 7.66. The van der Waals surface area contributed by atoms with Crippen LogP contribution in [0.15, 0.2) is 33.9 Å². The SMILES string of the molecule is COS(=O)(=O)C(C)c1nsc2ccc(-n3c(=O)cc(C)n(C)c3=O)cc12. The van der Waals surface area contributed by atoms with Crippen LogP contribution in [0.25, 0.3) is 15.8 Å². The Morgan fingerprint density at radius 1 is 1.23 bits per heavy atom. The summed E-state index contributed by atoms with van der Waals surface area (Å²) in [4.78, 5) is 24.8. The van der Waals surface area contributed by atoms with Crippen LogP contribution in [0.3, 0.4) is 0 Å². The van der Waals surface area contributed by atoms with E-state index in [1.165, 1.54) is 17.6 Å². The van der Waals surface area contributed by atoms with E-state index in [2.05, 4.69) is 8.56 Å². The zero-order valence-electron chi connectivity index (χ0n) is 14.6. The Hall–Kier alpha value is -2.30. The second kappa shape index (κ2) is 6.45. The number of rotatable bonds is 4. The molecule has 1 unspecified atom stereocenters. The Morgan fingerprint density at radius 3 is 2.58 bits per heavy atom. The molecule has 0 spiro atoms. The fraction of sp³-hybridized carbons (Fsp3) is 0.312. The first kappa shape index (κ1) is 18.5. The maximum Gasteiger partial charge on any atom is 0.335 e. The molecule has 0 aliphatic heterocycles. The van der Waals surface area contributed by atoms with E-state index in [0.29, 0.717) is 22.5 Å². The van der Waals surface area contributed by atoms with Gasteiger partial charge in [-0.15, -0.1) is 0 Å². The van der Waals surface area contributed by atoms with Crippen LogP contribution in [0.5, 0.6) is 0 Å². The van der Waals surface area contributed by atoms with Crippen LogP contribution in [-0.4, -0.2) is 29.0 Å². The minimum atomic E-state index is -3.81. The van der Waals surface area contributed by atoms with E-state index in [9.17, 15) is 18.0 Å². The third-order valence-electron chi connectivity index (χ3n) is 4.35. The van der Waals surface area contributed by atoms with Gasteiger partial charge in [-0.1, -0.05) is 0 Å². The van der Waals surface area contributed by atoms with Crippen molar-refractivity contribution in [3.63, 3.8) is 0 Å². The summed E-state index contributed by atoms with van der Waals surface area (Å²) in [6, 6.07) is 6.33. The van der Waals surface area contributed by atoms with Crippen molar-refractivity contribution in [2.45, 2.75) is 19.1 Å². The monoisotopic (exact) mass is 395 g/mol. The fourth-order valence-electron chi connectivity index (χ4n) is 2.63. The van der Waals surface area contributed by atoms with Gasteiger partial charge in [0.1, 0.15) is 5.25 Å². The largest absolute Gasteiger partial charge is 0.335 e. The van der Waals surface area contributed by atoms with E-state index >= 15 is 0 Å². The van der Waals surface area contributed by atoms with Crippen molar-refractivity contribution >= 4 is 31.7 Å². The van der Waals surface area contributed by atoms with Gasteiger partial charge < -0.3 is 4.57 Å². The molecule has 10 heteroatoms. The third-order valence-corrected chi connectivity index (χ3v) is 6.74. The van der Waals surface area contributed by atoms with Gasteiger partial charge in [-0.25, -0.2) is 9.36 Å². The number of hydrogen-bond donors (Lipinski definition) is 0. The quantitative estimate of drug-likeness (QED) is 0.621. The maximum atomic E-state index is 12.5. The van der Waals surface area contributed by atoms with Gasteiger partial charge in [0, 0.05) is 24.2 Å². The highest BCUT2D eigenvalue weighted by Crippen LogP contribution is 2.32. The molecule has 0 radical (unpaired) electrons. The molecular weight excluding hydrogens is 378 g/mol. The molecule has 26 heavy (non-hydrogen) atoms. The second-order valence-corrected chi connectivity index (χ2v) is 8.68. The highest BCUT2D eigenvalue weighted by atomic mass is 32.2. The molecule has 8 nitrogen and oxygen atoms in total. The third kappa shape index (κ3) is 2.89.